The average molecular weight is 504 g/mol. The summed E-state index contributed by atoms with van der Waals surface area (Å²) in [5, 5.41) is 5.60. The van der Waals surface area contributed by atoms with Crippen LogP contribution in [-0.2, 0) is 9.59 Å². The monoisotopic (exact) mass is 503 g/mol. The van der Waals surface area contributed by atoms with Crippen LogP contribution < -0.4 is 24.8 Å². The molecule has 3 aromatic carbocycles. The summed E-state index contributed by atoms with van der Waals surface area (Å²) in [6, 6.07) is 18.6. The number of anilines is 1. The van der Waals surface area contributed by atoms with Crippen molar-refractivity contribution >= 4 is 28.4 Å². The van der Waals surface area contributed by atoms with Gasteiger partial charge in [0.2, 0.25) is 0 Å². The quantitative estimate of drug-likeness (QED) is 0.327. The van der Waals surface area contributed by atoms with E-state index in [0.29, 0.717) is 28.2 Å². The highest BCUT2D eigenvalue weighted by Crippen LogP contribution is 2.39. The summed E-state index contributed by atoms with van der Waals surface area (Å²) in [7, 11) is 3.03. The minimum atomic E-state index is -0.894. The van der Waals surface area contributed by atoms with E-state index in [2.05, 4.69) is 15.6 Å². The Balaban J connectivity index is 1.42. The lowest BCUT2D eigenvalue weighted by molar-refractivity contribution is -0.136. The zero-order valence-corrected chi connectivity index (χ0v) is 20.6. The number of methoxy groups -OCH3 is 2. The van der Waals surface area contributed by atoms with Gasteiger partial charge in [0.1, 0.15) is 11.3 Å². The number of carbonyl (C=O) groups is 2. The van der Waals surface area contributed by atoms with Crippen molar-refractivity contribution in [1.82, 2.24) is 10.3 Å². The first-order valence-corrected chi connectivity index (χ1v) is 11.5. The van der Waals surface area contributed by atoms with Crippen molar-refractivity contribution in [3.05, 3.63) is 84.3 Å². The van der Waals surface area contributed by atoms with Gasteiger partial charge in [-0.05, 0) is 41.8 Å². The molecule has 1 atom stereocenters. The minimum absolute atomic E-state index is 0.0251. The lowest BCUT2D eigenvalue weighted by Crippen LogP contribution is -2.37. The van der Waals surface area contributed by atoms with Gasteiger partial charge in [0.15, 0.2) is 23.1 Å². The van der Waals surface area contributed by atoms with Crippen molar-refractivity contribution < 1.29 is 28.2 Å². The van der Waals surface area contributed by atoms with E-state index in [1.54, 1.807) is 18.2 Å². The molecule has 0 aliphatic carbocycles. The van der Waals surface area contributed by atoms with Gasteiger partial charge in [-0.3, -0.25) is 14.6 Å². The van der Waals surface area contributed by atoms with Crippen molar-refractivity contribution in [2.24, 2.45) is 0 Å². The molecular weight excluding hydrogens is 477 g/mol. The molecule has 1 heterocycles. The van der Waals surface area contributed by atoms with E-state index in [1.165, 1.54) is 32.5 Å². The second-order valence-electron chi connectivity index (χ2n) is 8.23. The van der Waals surface area contributed by atoms with Crippen molar-refractivity contribution in [2.75, 3.05) is 26.1 Å². The summed E-state index contributed by atoms with van der Waals surface area (Å²) < 4.78 is 31.4. The van der Waals surface area contributed by atoms with Gasteiger partial charge in [-0.2, -0.15) is 0 Å². The predicted octanol–water partition coefficient (Wildman–Crippen LogP) is 5.04. The normalized spacial score (nSPS) is 11.5. The van der Waals surface area contributed by atoms with Crippen LogP contribution in [0.3, 0.4) is 0 Å². The molecular formula is C28H26FN3O5. The molecule has 2 N–H and O–H groups in total. The number of fused-ring (bicyclic) bond motifs is 1. The largest absolute Gasteiger partial charge is 0.493 e. The van der Waals surface area contributed by atoms with Crippen LogP contribution in [-0.4, -0.2) is 37.6 Å². The molecule has 0 spiro atoms. The Morgan fingerprint density at radius 2 is 1.68 bits per heavy atom. The van der Waals surface area contributed by atoms with Crippen molar-refractivity contribution in [3.8, 4) is 23.0 Å². The van der Waals surface area contributed by atoms with Crippen LogP contribution in [0.4, 0.5) is 10.1 Å². The highest BCUT2D eigenvalue weighted by Gasteiger charge is 2.18. The van der Waals surface area contributed by atoms with E-state index < -0.39 is 17.6 Å². The molecule has 0 saturated heterocycles. The molecule has 8 nitrogen and oxygen atoms in total. The van der Waals surface area contributed by atoms with E-state index in [4.69, 9.17) is 14.2 Å². The molecule has 0 radical (unpaired) electrons. The SMILES string of the molecule is COc1ccc2c(Oc3ccc(NC(=O)C(=O)NCC(C)c4ccccc4)cc3F)ccnc2c1OC. The predicted molar refractivity (Wildman–Crippen MR) is 138 cm³/mol. The van der Waals surface area contributed by atoms with Crippen LogP contribution in [0.2, 0.25) is 0 Å². The van der Waals surface area contributed by atoms with Crippen LogP contribution in [0.5, 0.6) is 23.0 Å². The highest BCUT2D eigenvalue weighted by molar-refractivity contribution is 6.39. The Hall–Kier alpha value is -4.66. The number of pyridine rings is 1. The number of hydrogen-bond donors (Lipinski definition) is 2. The number of hydrogen-bond acceptors (Lipinski definition) is 6. The first-order valence-electron chi connectivity index (χ1n) is 11.5. The molecule has 0 saturated carbocycles. The standard InChI is InChI=1S/C28H26FN3O5/c1-17(18-7-5-4-6-8-18)16-31-27(33)28(34)32-19-9-11-23(21(29)15-19)37-22-13-14-30-25-20(22)10-12-24(35-2)26(25)36-3/h4-15,17H,16H2,1-3H3,(H,31,33)(H,32,34). The first kappa shape index (κ1) is 25.4. The van der Waals surface area contributed by atoms with Crippen LogP contribution >= 0.6 is 0 Å². The first-order chi connectivity index (χ1) is 17.9. The van der Waals surface area contributed by atoms with Gasteiger partial charge in [0.05, 0.1) is 14.2 Å². The molecule has 0 fully saturated rings. The number of halogens is 1. The zero-order valence-electron chi connectivity index (χ0n) is 20.6. The molecule has 1 unspecified atom stereocenters. The second-order valence-corrected chi connectivity index (χ2v) is 8.23. The number of amides is 2. The second kappa shape index (κ2) is 11.4. The third-order valence-corrected chi connectivity index (χ3v) is 5.77. The number of ether oxygens (including phenoxy) is 3. The fraction of sp³-hybridized carbons (Fsp3) is 0.179. The summed E-state index contributed by atoms with van der Waals surface area (Å²) in [6.07, 6.45) is 1.52. The van der Waals surface area contributed by atoms with Gasteiger partial charge in [-0.25, -0.2) is 4.39 Å². The van der Waals surface area contributed by atoms with Gasteiger partial charge >= 0.3 is 11.8 Å². The Morgan fingerprint density at radius 1 is 0.919 bits per heavy atom. The molecule has 0 aliphatic rings. The smallest absolute Gasteiger partial charge is 0.313 e. The number of carbonyl (C=O) groups excluding carboxylic acids is 2. The number of rotatable bonds is 8. The van der Waals surface area contributed by atoms with Crippen molar-refractivity contribution in [1.29, 1.82) is 0 Å². The summed E-state index contributed by atoms with van der Waals surface area (Å²) in [5.41, 5.74) is 1.66. The van der Waals surface area contributed by atoms with E-state index in [-0.39, 0.29) is 23.9 Å². The molecule has 37 heavy (non-hydrogen) atoms. The van der Waals surface area contributed by atoms with Gasteiger partial charge in [-0.1, -0.05) is 37.3 Å². The molecule has 4 rings (SSSR count). The minimum Gasteiger partial charge on any atom is -0.493 e. The maximum absolute atomic E-state index is 14.9. The number of nitrogens with one attached hydrogen (secondary N) is 2. The summed E-state index contributed by atoms with van der Waals surface area (Å²) in [4.78, 5) is 28.9. The Bertz CT molecular complexity index is 1430. The molecule has 0 bridgehead atoms. The summed E-state index contributed by atoms with van der Waals surface area (Å²) >= 11 is 0. The van der Waals surface area contributed by atoms with Gasteiger partial charge in [0, 0.05) is 29.9 Å². The Kier molecular flexibility index (Phi) is 7.83. The van der Waals surface area contributed by atoms with Gasteiger partial charge < -0.3 is 24.8 Å². The topological polar surface area (TPSA) is 98.8 Å². The van der Waals surface area contributed by atoms with E-state index in [9.17, 15) is 14.0 Å². The molecule has 9 heteroatoms. The lowest BCUT2D eigenvalue weighted by atomic mass is 10.0. The van der Waals surface area contributed by atoms with E-state index >= 15 is 0 Å². The average Bonchev–Trinajstić information content (AvgIpc) is 2.92. The van der Waals surface area contributed by atoms with E-state index in [1.807, 2.05) is 37.3 Å². The fourth-order valence-corrected chi connectivity index (χ4v) is 3.79. The van der Waals surface area contributed by atoms with Crippen molar-refractivity contribution in [3.63, 3.8) is 0 Å². The Labute approximate surface area is 213 Å². The van der Waals surface area contributed by atoms with Crippen LogP contribution in [0.25, 0.3) is 10.9 Å². The van der Waals surface area contributed by atoms with Gasteiger partial charge in [-0.15, -0.1) is 0 Å². The number of nitrogens with zero attached hydrogens (tertiary/aromatic N) is 1. The van der Waals surface area contributed by atoms with Crippen LogP contribution in [0, 0.1) is 5.82 Å². The maximum atomic E-state index is 14.9. The number of aromatic nitrogens is 1. The van der Waals surface area contributed by atoms with Crippen molar-refractivity contribution in [2.45, 2.75) is 12.8 Å². The number of benzene rings is 3. The van der Waals surface area contributed by atoms with Crippen LogP contribution in [0.15, 0.2) is 72.9 Å². The lowest BCUT2D eigenvalue weighted by Gasteiger charge is -2.14. The molecule has 1 aromatic heterocycles. The summed E-state index contributed by atoms with van der Waals surface area (Å²) in [5.74, 6) is -1.18. The fourth-order valence-electron chi connectivity index (χ4n) is 3.79. The molecule has 4 aromatic rings. The summed E-state index contributed by atoms with van der Waals surface area (Å²) in [6.45, 7) is 2.23. The van der Waals surface area contributed by atoms with Gasteiger partial charge in [0.25, 0.3) is 0 Å². The van der Waals surface area contributed by atoms with E-state index in [0.717, 1.165) is 11.6 Å². The molecule has 2 amide bonds. The molecule has 190 valence electrons. The Morgan fingerprint density at radius 3 is 2.38 bits per heavy atom. The zero-order chi connectivity index (χ0) is 26.4. The highest BCUT2D eigenvalue weighted by atomic mass is 19.1. The third kappa shape index (κ3) is 5.78. The third-order valence-electron chi connectivity index (χ3n) is 5.77. The molecule has 0 aliphatic heterocycles. The van der Waals surface area contributed by atoms with Crippen LogP contribution in [0.1, 0.15) is 18.4 Å². The maximum Gasteiger partial charge on any atom is 0.313 e.